The molecule has 1 unspecified atom stereocenters. The highest BCUT2D eigenvalue weighted by Crippen LogP contribution is 2.29. The molecule has 1 aliphatic rings. The Labute approximate surface area is 113 Å². The van der Waals surface area contributed by atoms with Gasteiger partial charge in [0.2, 0.25) is 5.91 Å². The van der Waals surface area contributed by atoms with Crippen molar-refractivity contribution in [3.05, 3.63) is 5.69 Å². The van der Waals surface area contributed by atoms with E-state index in [1.54, 1.807) is 0 Å². The monoisotopic (exact) mass is 265 g/mol. The third-order valence-electron chi connectivity index (χ3n) is 3.61. The van der Waals surface area contributed by atoms with Crippen LogP contribution < -0.4 is 16.0 Å². The number of nitrogen functional groups attached to an aromatic ring is 1. The Morgan fingerprint density at radius 2 is 2.21 bits per heavy atom. The number of hydrogen-bond donors (Lipinski definition) is 2. The fourth-order valence-corrected chi connectivity index (χ4v) is 2.72. The van der Waals surface area contributed by atoms with Crippen molar-refractivity contribution in [3.63, 3.8) is 0 Å². The maximum Gasteiger partial charge on any atom is 0.242 e. The lowest BCUT2D eigenvalue weighted by Gasteiger charge is -2.36. The average Bonchev–Trinajstić information content (AvgIpc) is 2.65. The van der Waals surface area contributed by atoms with Gasteiger partial charge >= 0.3 is 0 Å². The second-order valence-electron chi connectivity index (χ2n) is 4.97. The molecule has 6 heteroatoms. The molecule has 1 aromatic rings. The van der Waals surface area contributed by atoms with E-state index in [2.05, 4.69) is 22.2 Å². The summed E-state index contributed by atoms with van der Waals surface area (Å²) >= 11 is 0. The second kappa shape index (κ2) is 5.50. The zero-order valence-corrected chi connectivity index (χ0v) is 11.9. The van der Waals surface area contributed by atoms with Gasteiger partial charge in [0.15, 0.2) is 5.82 Å². The summed E-state index contributed by atoms with van der Waals surface area (Å²) in [5, 5.41) is 7.39. The van der Waals surface area contributed by atoms with Gasteiger partial charge in [-0.2, -0.15) is 5.10 Å². The molecule has 0 radical (unpaired) electrons. The Kier molecular flexibility index (Phi) is 3.97. The lowest BCUT2D eigenvalue weighted by molar-refractivity contribution is -0.123. The summed E-state index contributed by atoms with van der Waals surface area (Å²) in [5.74, 6) is 0.955. The van der Waals surface area contributed by atoms with E-state index in [4.69, 9.17) is 5.73 Å². The number of piperazine rings is 1. The van der Waals surface area contributed by atoms with Crippen molar-refractivity contribution in [2.45, 2.75) is 39.2 Å². The molecule has 0 aliphatic carbocycles. The number of nitrogens with zero attached hydrogens (tertiary/aromatic N) is 3. The van der Waals surface area contributed by atoms with Gasteiger partial charge in [0.05, 0.1) is 11.4 Å². The van der Waals surface area contributed by atoms with Crippen LogP contribution in [0.15, 0.2) is 0 Å². The highest BCUT2D eigenvalue weighted by Gasteiger charge is 2.32. The summed E-state index contributed by atoms with van der Waals surface area (Å²) < 4.78 is 1.81. The molecule has 2 heterocycles. The molecular weight excluding hydrogens is 242 g/mol. The molecule has 1 fully saturated rings. The van der Waals surface area contributed by atoms with Gasteiger partial charge in [-0.05, 0) is 12.8 Å². The number of amides is 1. The van der Waals surface area contributed by atoms with E-state index in [0.717, 1.165) is 43.0 Å². The van der Waals surface area contributed by atoms with Gasteiger partial charge in [-0.3, -0.25) is 9.48 Å². The molecule has 0 spiro atoms. The maximum atomic E-state index is 11.9. The summed E-state index contributed by atoms with van der Waals surface area (Å²) in [7, 11) is 1.89. The van der Waals surface area contributed by atoms with Crippen molar-refractivity contribution in [2.24, 2.45) is 7.05 Å². The molecule has 106 valence electrons. The molecule has 2 rings (SSSR count). The molecule has 1 saturated heterocycles. The summed E-state index contributed by atoms with van der Waals surface area (Å²) in [6.45, 7) is 5.56. The van der Waals surface area contributed by atoms with Gasteiger partial charge in [0.1, 0.15) is 6.04 Å². The Morgan fingerprint density at radius 3 is 2.84 bits per heavy atom. The first-order chi connectivity index (χ1) is 9.10. The van der Waals surface area contributed by atoms with Crippen LogP contribution in [0, 0.1) is 0 Å². The molecule has 0 saturated carbocycles. The van der Waals surface area contributed by atoms with E-state index >= 15 is 0 Å². The van der Waals surface area contributed by atoms with Crippen LogP contribution >= 0.6 is 0 Å². The number of carbonyl (C=O) groups is 1. The maximum absolute atomic E-state index is 11.9. The van der Waals surface area contributed by atoms with E-state index in [-0.39, 0.29) is 11.9 Å². The van der Waals surface area contributed by atoms with Crippen molar-refractivity contribution in [2.75, 3.05) is 23.7 Å². The minimum atomic E-state index is -0.152. The van der Waals surface area contributed by atoms with E-state index in [1.165, 1.54) is 0 Å². The minimum Gasteiger partial charge on any atom is -0.394 e. The van der Waals surface area contributed by atoms with Crippen LogP contribution in [0.4, 0.5) is 11.5 Å². The highest BCUT2D eigenvalue weighted by atomic mass is 16.2. The fourth-order valence-electron chi connectivity index (χ4n) is 2.72. The highest BCUT2D eigenvalue weighted by molar-refractivity contribution is 5.87. The van der Waals surface area contributed by atoms with Crippen LogP contribution in [0.25, 0.3) is 0 Å². The first kappa shape index (κ1) is 13.7. The van der Waals surface area contributed by atoms with Crippen LogP contribution in [-0.2, 0) is 18.3 Å². The number of carbonyl (C=O) groups excluding carboxylic acids is 1. The van der Waals surface area contributed by atoms with Crippen molar-refractivity contribution in [1.82, 2.24) is 15.1 Å². The molecule has 1 amide bonds. The molecule has 0 bridgehead atoms. The largest absolute Gasteiger partial charge is 0.394 e. The normalized spacial score (nSPS) is 19.6. The Balaban J connectivity index is 2.37. The van der Waals surface area contributed by atoms with Crippen LogP contribution in [0.5, 0.6) is 0 Å². The third kappa shape index (κ3) is 2.39. The van der Waals surface area contributed by atoms with E-state index < -0.39 is 0 Å². The van der Waals surface area contributed by atoms with Crippen molar-refractivity contribution in [3.8, 4) is 0 Å². The summed E-state index contributed by atoms with van der Waals surface area (Å²) in [4.78, 5) is 14.0. The molecule has 1 aromatic heterocycles. The Bertz CT molecular complexity index is 468. The first-order valence-corrected chi connectivity index (χ1v) is 6.95. The number of aromatic nitrogens is 2. The molecule has 19 heavy (non-hydrogen) atoms. The molecule has 0 aromatic carbocycles. The van der Waals surface area contributed by atoms with Gasteiger partial charge in [-0.15, -0.1) is 0 Å². The smallest absolute Gasteiger partial charge is 0.242 e. The summed E-state index contributed by atoms with van der Waals surface area (Å²) in [5.41, 5.74) is 7.88. The SMILES string of the molecule is CCCc1nn(C)c(N2CCNC(=O)C2CC)c1N. The zero-order chi connectivity index (χ0) is 14.0. The Morgan fingerprint density at radius 1 is 1.47 bits per heavy atom. The number of aryl methyl sites for hydroxylation is 2. The number of hydrogen-bond acceptors (Lipinski definition) is 4. The van der Waals surface area contributed by atoms with E-state index in [0.29, 0.717) is 6.54 Å². The van der Waals surface area contributed by atoms with Gasteiger partial charge in [0, 0.05) is 20.1 Å². The number of anilines is 2. The number of nitrogens with one attached hydrogen (secondary N) is 1. The predicted molar refractivity (Wildman–Crippen MR) is 76.1 cm³/mol. The fraction of sp³-hybridized carbons (Fsp3) is 0.692. The van der Waals surface area contributed by atoms with Crippen molar-refractivity contribution in [1.29, 1.82) is 0 Å². The van der Waals surface area contributed by atoms with Crippen LogP contribution in [0.3, 0.4) is 0 Å². The minimum absolute atomic E-state index is 0.0754. The third-order valence-corrected chi connectivity index (χ3v) is 3.61. The molecule has 1 aliphatic heterocycles. The Hall–Kier alpha value is -1.72. The van der Waals surface area contributed by atoms with Gasteiger partial charge < -0.3 is 16.0 Å². The molecule has 1 atom stereocenters. The zero-order valence-electron chi connectivity index (χ0n) is 11.9. The lowest BCUT2D eigenvalue weighted by atomic mass is 10.1. The molecular formula is C13H23N5O. The quantitative estimate of drug-likeness (QED) is 0.839. The topological polar surface area (TPSA) is 76.2 Å². The number of nitrogens with two attached hydrogens (primary N) is 1. The van der Waals surface area contributed by atoms with Gasteiger partial charge in [-0.1, -0.05) is 20.3 Å². The first-order valence-electron chi connectivity index (χ1n) is 6.95. The summed E-state index contributed by atoms with van der Waals surface area (Å²) in [6, 6.07) is -0.152. The standard InChI is InChI=1S/C13H23N5O/c1-4-6-9-11(14)13(17(3)16-9)18-8-7-15-12(19)10(18)5-2/h10H,4-8,14H2,1-3H3,(H,15,19). The van der Waals surface area contributed by atoms with E-state index in [9.17, 15) is 4.79 Å². The van der Waals surface area contributed by atoms with Crippen molar-refractivity contribution < 1.29 is 4.79 Å². The van der Waals surface area contributed by atoms with Crippen LogP contribution in [0.2, 0.25) is 0 Å². The molecule has 3 N–H and O–H groups in total. The average molecular weight is 265 g/mol. The van der Waals surface area contributed by atoms with E-state index in [1.807, 2.05) is 18.7 Å². The van der Waals surface area contributed by atoms with Gasteiger partial charge in [-0.25, -0.2) is 0 Å². The predicted octanol–water partition coefficient (Wildman–Crippen LogP) is 0.670. The molecule has 6 nitrogen and oxygen atoms in total. The van der Waals surface area contributed by atoms with Crippen molar-refractivity contribution >= 4 is 17.4 Å². The van der Waals surface area contributed by atoms with Crippen LogP contribution in [-0.4, -0.2) is 34.8 Å². The second-order valence-corrected chi connectivity index (χ2v) is 4.97. The van der Waals surface area contributed by atoms with Gasteiger partial charge in [0.25, 0.3) is 0 Å². The lowest BCUT2D eigenvalue weighted by Crippen LogP contribution is -2.55. The summed E-state index contributed by atoms with van der Waals surface area (Å²) in [6.07, 6.45) is 2.65. The number of rotatable bonds is 4. The van der Waals surface area contributed by atoms with Crippen LogP contribution in [0.1, 0.15) is 32.4 Å².